The third-order valence-electron chi connectivity index (χ3n) is 5.11. The fourth-order valence-corrected chi connectivity index (χ4v) is 5.43. The molecule has 162 valence electrons. The number of hydrogen-bond acceptors (Lipinski definition) is 6. The SMILES string of the molecule is [O-][s+]1[nH]c(=NCCCN2c3ccccc3Sc3ccccc32)c(=NCc2ccncc2)[nH]1. The topological polar surface area (TPSA) is 95.5 Å². The Bertz CT molecular complexity index is 1300. The quantitative estimate of drug-likeness (QED) is 0.332. The van der Waals surface area contributed by atoms with Gasteiger partial charge in [0.2, 0.25) is 11.0 Å². The maximum Gasteiger partial charge on any atom is 0.219 e. The Kier molecular flexibility index (Phi) is 6.20. The predicted octanol–water partition coefficient (Wildman–Crippen LogP) is 4.16. The van der Waals surface area contributed by atoms with Gasteiger partial charge in [0.05, 0.1) is 17.9 Å². The molecule has 0 aliphatic carbocycles. The van der Waals surface area contributed by atoms with E-state index in [4.69, 9.17) is 0 Å². The predicted molar refractivity (Wildman–Crippen MR) is 126 cm³/mol. The van der Waals surface area contributed by atoms with Crippen molar-refractivity contribution in [3.8, 4) is 0 Å². The number of nitrogens with one attached hydrogen (secondary N) is 2. The number of aromatic nitrogens is 3. The molecule has 7 nitrogen and oxygen atoms in total. The van der Waals surface area contributed by atoms with Gasteiger partial charge in [-0.1, -0.05) is 36.0 Å². The number of benzene rings is 2. The summed E-state index contributed by atoms with van der Waals surface area (Å²) in [4.78, 5) is 18.1. The second-order valence-electron chi connectivity index (χ2n) is 7.27. The first-order valence-electron chi connectivity index (χ1n) is 10.3. The van der Waals surface area contributed by atoms with Crippen molar-refractivity contribution in [3.05, 3.63) is 89.6 Å². The van der Waals surface area contributed by atoms with Gasteiger partial charge >= 0.3 is 0 Å². The maximum absolute atomic E-state index is 11.9. The van der Waals surface area contributed by atoms with Crippen LogP contribution in [-0.4, -0.2) is 31.4 Å². The largest absolute Gasteiger partial charge is 0.549 e. The van der Waals surface area contributed by atoms with Crippen LogP contribution in [0.2, 0.25) is 0 Å². The first kappa shape index (κ1) is 20.7. The first-order chi connectivity index (χ1) is 15.8. The molecule has 3 heterocycles. The Morgan fingerprint density at radius 1 is 0.875 bits per heavy atom. The molecule has 4 aromatic rings. The highest BCUT2D eigenvalue weighted by atomic mass is 32.2. The van der Waals surface area contributed by atoms with Crippen molar-refractivity contribution in [2.75, 3.05) is 18.0 Å². The molecule has 2 aromatic carbocycles. The molecular formula is C23H22N6OS2. The molecule has 1 atom stereocenters. The summed E-state index contributed by atoms with van der Waals surface area (Å²) in [6, 6.07) is 20.8. The van der Waals surface area contributed by atoms with Crippen molar-refractivity contribution < 1.29 is 4.55 Å². The Morgan fingerprint density at radius 2 is 1.50 bits per heavy atom. The van der Waals surface area contributed by atoms with Crippen LogP contribution in [0.25, 0.3) is 0 Å². The lowest BCUT2D eigenvalue weighted by atomic mass is 10.2. The standard InChI is InChI=1S/C23H22N6OS2/c30-32-27-22(23(28-32)26-16-17-10-13-24-14-11-17)25-12-5-15-29-18-6-1-3-8-20(18)31-21-9-4-2-7-19(21)29/h1-4,6-11,13-14H,5,12,15-16H2,(H,25,27)(H,26,28). The first-order valence-corrected chi connectivity index (χ1v) is 12.3. The smallest absolute Gasteiger partial charge is 0.219 e. The average Bonchev–Trinajstić information content (AvgIpc) is 3.19. The molecule has 0 saturated carbocycles. The van der Waals surface area contributed by atoms with Gasteiger partial charge in [-0.25, -0.2) is 0 Å². The van der Waals surface area contributed by atoms with Gasteiger partial charge in [0.1, 0.15) is 11.1 Å². The third-order valence-corrected chi connectivity index (χ3v) is 7.00. The van der Waals surface area contributed by atoms with Gasteiger partial charge in [-0.05, 0) is 48.4 Å². The second kappa shape index (κ2) is 9.56. The Balaban J connectivity index is 1.32. The molecule has 0 amide bonds. The lowest BCUT2D eigenvalue weighted by Gasteiger charge is -2.32. The van der Waals surface area contributed by atoms with Crippen molar-refractivity contribution in [2.24, 2.45) is 9.98 Å². The van der Waals surface area contributed by atoms with Crippen LogP contribution in [0, 0.1) is 0 Å². The molecule has 0 fully saturated rings. The summed E-state index contributed by atoms with van der Waals surface area (Å²) >= 11 is 0.412. The van der Waals surface area contributed by atoms with Gasteiger partial charge in [-0.3, -0.25) is 15.0 Å². The van der Waals surface area contributed by atoms with Crippen LogP contribution in [0.5, 0.6) is 0 Å². The van der Waals surface area contributed by atoms with Crippen molar-refractivity contribution >= 4 is 34.3 Å². The highest BCUT2D eigenvalue weighted by Crippen LogP contribution is 2.47. The zero-order chi connectivity index (χ0) is 21.8. The number of rotatable bonds is 6. The summed E-state index contributed by atoms with van der Waals surface area (Å²) in [5.74, 6) is 0. The Hall–Kier alpha value is -3.14. The van der Waals surface area contributed by atoms with E-state index in [1.54, 1.807) is 12.4 Å². The van der Waals surface area contributed by atoms with E-state index in [0.29, 0.717) is 24.1 Å². The maximum atomic E-state index is 11.9. The number of H-pyrrole nitrogens is 2. The fourth-order valence-electron chi connectivity index (χ4n) is 3.61. The van der Waals surface area contributed by atoms with Crippen LogP contribution in [-0.2, 0) is 6.54 Å². The van der Waals surface area contributed by atoms with E-state index < -0.39 is 11.1 Å². The van der Waals surface area contributed by atoms with Crippen LogP contribution < -0.4 is 15.9 Å². The zero-order valence-corrected chi connectivity index (χ0v) is 18.9. The average molecular weight is 463 g/mol. The second-order valence-corrected chi connectivity index (χ2v) is 9.30. The van der Waals surface area contributed by atoms with Gasteiger partial charge in [0.15, 0.2) is 0 Å². The van der Waals surface area contributed by atoms with Crippen LogP contribution in [0.3, 0.4) is 0 Å². The minimum atomic E-state index is -1.40. The molecule has 0 bridgehead atoms. The minimum absolute atomic E-state index is 0.474. The van der Waals surface area contributed by atoms with E-state index in [-0.39, 0.29) is 0 Å². The molecule has 0 saturated heterocycles. The van der Waals surface area contributed by atoms with Gasteiger partial charge in [0, 0.05) is 35.3 Å². The number of fused-ring (bicyclic) bond motifs is 2. The normalized spacial score (nSPS) is 14.4. The van der Waals surface area contributed by atoms with E-state index in [1.807, 2.05) is 23.9 Å². The van der Waals surface area contributed by atoms with E-state index in [1.165, 1.54) is 21.2 Å². The van der Waals surface area contributed by atoms with E-state index in [9.17, 15) is 4.55 Å². The highest BCUT2D eigenvalue weighted by Gasteiger charge is 2.22. The molecule has 32 heavy (non-hydrogen) atoms. The number of nitrogens with zero attached hydrogens (tertiary/aromatic N) is 4. The summed E-state index contributed by atoms with van der Waals surface area (Å²) in [6.45, 7) is 1.91. The monoisotopic (exact) mass is 462 g/mol. The van der Waals surface area contributed by atoms with E-state index >= 15 is 0 Å². The molecule has 9 heteroatoms. The van der Waals surface area contributed by atoms with Gasteiger partial charge in [-0.2, -0.15) is 8.75 Å². The number of anilines is 2. The lowest BCUT2D eigenvalue weighted by Crippen LogP contribution is -2.27. The molecule has 1 aliphatic rings. The van der Waals surface area contributed by atoms with Crippen LogP contribution in [0.1, 0.15) is 12.0 Å². The third kappa shape index (κ3) is 4.55. The number of pyridine rings is 1. The van der Waals surface area contributed by atoms with Gasteiger partial charge in [-0.15, -0.1) is 0 Å². The fraction of sp³-hybridized carbons (Fsp3) is 0.174. The van der Waals surface area contributed by atoms with Crippen molar-refractivity contribution in [2.45, 2.75) is 22.8 Å². The van der Waals surface area contributed by atoms with Crippen molar-refractivity contribution in [3.63, 3.8) is 0 Å². The number of aromatic amines is 2. The number of para-hydroxylation sites is 2. The molecule has 0 spiro atoms. The summed E-state index contributed by atoms with van der Waals surface area (Å²) < 4.78 is 17.6. The molecular weight excluding hydrogens is 440 g/mol. The summed E-state index contributed by atoms with van der Waals surface area (Å²) in [5.41, 5.74) is 4.57. The van der Waals surface area contributed by atoms with Crippen molar-refractivity contribution in [1.82, 2.24) is 13.7 Å². The molecule has 2 N–H and O–H groups in total. The molecule has 1 aliphatic heterocycles. The van der Waals surface area contributed by atoms with Gasteiger partial charge in [0.25, 0.3) is 0 Å². The number of hydrogen-bond donors (Lipinski definition) is 2. The Morgan fingerprint density at radius 3 is 2.19 bits per heavy atom. The van der Waals surface area contributed by atoms with E-state index in [0.717, 1.165) is 18.5 Å². The van der Waals surface area contributed by atoms with Crippen LogP contribution in [0.15, 0.2) is 92.8 Å². The molecule has 1 unspecified atom stereocenters. The highest BCUT2D eigenvalue weighted by molar-refractivity contribution is 7.99. The summed E-state index contributed by atoms with van der Waals surface area (Å²) in [5, 5.41) is 0. The van der Waals surface area contributed by atoms with Crippen molar-refractivity contribution in [1.29, 1.82) is 0 Å². The molecule has 5 rings (SSSR count). The zero-order valence-electron chi connectivity index (χ0n) is 17.3. The Labute approximate surface area is 192 Å². The summed E-state index contributed by atoms with van der Waals surface area (Å²) in [7, 11) is 0. The van der Waals surface area contributed by atoms with Crippen LogP contribution in [0.4, 0.5) is 11.4 Å². The minimum Gasteiger partial charge on any atom is -0.549 e. The summed E-state index contributed by atoms with van der Waals surface area (Å²) in [6.07, 6.45) is 4.32. The van der Waals surface area contributed by atoms with Crippen LogP contribution >= 0.6 is 22.9 Å². The molecule has 2 aromatic heterocycles. The molecule has 0 radical (unpaired) electrons. The van der Waals surface area contributed by atoms with E-state index in [2.05, 4.69) is 77.1 Å². The lowest BCUT2D eigenvalue weighted by molar-refractivity contribution is 0.584. The van der Waals surface area contributed by atoms with Gasteiger partial charge < -0.3 is 9.45 Å².